The molecule has 32 heavy (non-hydrogen) atoms. The van der Waals surface area contributed by atoms with E-state index in [1.165, 1.54) is 12.1 Å². The van der Waals surface area contributed by atoms with Crippen LogP contribution in [0, 0.1) is 34.6 Å². The standard InChI is InChI=1S/C25H26BrNO4S/c1-16-9-11-22(12-10-16)32(29,30)27(23-8-6-7-17(2)20(23)5)24(28)15-31-25-18(3)13-21(26)14-19(25)4/h6-14H,15H2,1-5H3. The Morgan fingerprint density at radius 3 is 2.09 bits per heavy atom. The highest BCUT2D eigenvalue weighted by molar-refractivity contribution is 9.10. The number of carbonyl (C=O) groups excluding carboxylic acids is 1. The van der Waals surface area contributed by atoms with E-state index in [4.69, 9.17) is 4.74 Å². The van der Waals surface area contributed by atoms with E-state index in [0.717, 1.165) is 31.0 Å². The summed E-state index contributed by atoms with van der Waals surface area (Å²) in [5.41, 5.74) is 4.56. The molecule has 0 atom stereocenters. The second-order valence-corrected chi connectivity index (χ2v) is 10.6. The highest BCUT2D eigenvalue weighted by atomic mass is 79.9. The number of halogens is 1. The topological polar surface area (TPSA) is 63.7 Å². The van der Waals surface area contributed by atoms with Crippen molar-refractivity contribution in [1.29, 1.82) is 0 Å². The molecule has 3 aromatic carbocycles. The zero-order chi connectivity index (χ0) is 23.6. The monoisotopic (exact) mass is 515 g/mol. The van der Waals surface area contributed by atoms with Gasteiger partial charge in [-0.25, -0.2) is 8.42 Å². The molecule has 5 nitrogen and oxygen atoms in total. The number of hydrogen-bond acceptors (Lipinski definition) is 4. The van der Waals surface area contributed by atoms with Gasteiger partial charge in [0.15, 0.2) is 6.61 Å². The second kappa shape index (κ2) is 9.46. The van der Waals surface area contributed by atoms with Gasteiger partial charge < -0.3 is 4.74 Å². The zero-order valence-electron chi connectivity index (χ0n) is 18.8. The van der Waals surface area contributed by atoms with E-state index in [1.807, 2.05) is 45.9 Å². The zero-order valence-corrected chi connectivity index (χ0v) is 21.2. The van der Waals surface area contributed by atoms with E-state index in [9.17, 15) is 13.2 Å². The summed E-state index contributed by atoms with van der Waals surface area (Å²) in [5.74, 6) is -0.101. The SMILES string of the molecule is Cc1ccc(S(=O)(=O)N(C(=O)COc2c(C)cc(Br)cc2C)c2cccc(C)c2C)cc1. The van der Waals surface area contributed by atoms with E-state index in [0.29, 0.717) is 17.0 Å². The first-order valence-electron chi connectivity index (χ1n) is 10.1. The van der Waals surface area contributed by atoms with Gasteiger partial charge in [-0.3, -0.25) is 4.79 Å². The van der Waals surface area contributed by atoms with Crippen LogP contribution in [0.2, 0.25) is 0 Å². The number of rotatable bonds is 6. The van der Waals surface area contributed by atoms with Crippen LogP contribution in [0.5, 0.6) is 5.75 Å². The Balaban J connectivity index is 2.04. The van der Waals surface area contributed by atoms with E-state index in [2.05, 4.69) is 15.9 Å². The molecule has 0 bridgehead atoms. The van der Waals surface area contributed by atoms with Gasteiger partial charge in [0.05, 0.1) is 10.6 Å². The van der Waals surface area contributed by atoms with Crippen molar-refractivity contribution in [2.75, 3.05) is 10.9 Å². The van der Waals surface area contributed by atoms with Crippen molar-refractivity contribution < 1.29 is 17.9 Å². The number of hydrogen-bond donors (Lipinski definition) is 0. The van der Waals surface area contributed by atoms with Gasteiger partial charge in [0.2, 0.25) is 0 Å². The summed E-state index contributed by atoms with van der Waals surface area (Å²) in [6, 6.07) is 15.5. The van der Waals surface area contributed by atoms with Crippen LogP contribution in [0.1, 0.15) is 27.8 Å². The molecule has 3 rings (SSSR count). The molecule has 0 aliphatic heterocycles. The number of aryl methyl sites for hydroxylation is 4. The molecule has 0 radical (unpaired) electrons. The maximum Gasteiger partial charge on any atom is 0.278 e. The molecule has 0 fully saturated rings. The van der Waals surface area contributed by atoms with Crippen LogP contribution in [0.3, 0.4) is 0 Å². The predicted molar refractivity (Wildman–Crippen MR) is 131 cm³/mol. The average molecular weight is 516 g/mol. The number of sulfonamides is 1. The van der Waals surface area contributed by atoms with E-state index >= 15 is 0 Å². The molecule has 0 aliphatic rings. The fourth-order valence-electron chi connectivity index (χ4n) is 3.49. The lowest BCUT2D eigenvalue weighted by atomic mass is 10.1. The summed E-state index contributed by atoms with van der Waals surface area (Å²) in [6.07, 6.45) is 0. The summed E-state index contributed by atoms with van der Waals surface area (Å²) in [7, 11) is -4.14. The largest absolute Gasteiger partial charge is 0.483 e. The molecule has 0 aromatic heterocycles. The average Bonchev–Trinajstić information content (AvgIpc) is 2.70. The quantitative estimate of drug-likeness (QED) is 0.416. The molecule has 1 amide bonds. The molecule has 0 saturated carbocycles. The second-order valence-electron chi connectivity index (χ2n) is 7.85. The fourth-order valence-corrected chi connectivity index (χ4v) is 5.64. The first-order chi connectivity index (χ1) is 15.0. The Morgan fingerprint density at radius 2 is 1.50 bits per heavy atom. The Bertz CT molecular complexity index is 1240. The number of amides is 1. The predicted octanol–water partition coefficient (Wildman–Crippen LogP) is 5.79. The van der Waals surface area contributed by atoms with Crippen LogP contribution in [-0.2, 0) is 14.8 Å². The molecule has 0 heterocycles. The third-order valence-corrected chi connectivity index (χ3v) is 7.55. The first-order valence-corrected chi connectivity index (χ1v) is 12.4. The van der Waals surface area contributed by atoms with Crippen LogP contribution in [0.4, 0.5) is 5.69 Å². The number of carbonyl (C=O) groups is 1. The summed E-state index contributed by atoms with van der Waals surface area (Å²) in [4.78, 5) is 13.4. The van der Waals surface area contributed by atoms with Crippen LogP contribution >= 0.6 is 15.9 Å². The summed E-state index contributed by atoms with van der Waals surface area (Å²) in [5, 5.41) is 0. The third kappa shape index (κ3) is 4.89. The molecule has 0 aliphatic carbocycles. The molecule has 0 N–H and O–H groups in total. The van der Waals surface area contributed by atoms with Crippen LogP contribution in [0.15, 0.2) is 64.0 Å². The van der Waals surface area contributed by atoms with Crippen molar-refractivity contribution in [3.63, 3.8) is 0 Å². The lowest BCUT2D eigenvalue weighted by Gasteiger charge is -2.25. The van der Waals surface area contributed by atoms with Crippen molar-refractivity contribution in [2.45, 2.75) is 39.5 Å². The van der Waals surface area contributed by atoms with Gasteiger partial charge in [-0.1, -0.05) is 45.8 Å². The molecular formula is C25H26BrNO4S. The van der Waals surface area contributed by atoms with Gasteiger partial charge >= 0.3 is 0 Å². The van der Waals surface area contributed by atoms with Gasteiger partial charge in [-0.05, 0) is 87.2 Å². The summed E-state index contributed by atoms with van der Waals surface area (Å²) in [6.45, 7) is 8.90. The Morgan fingerprint density at radius 1 is 0.906 bits per heavy atom. The van der Waals surface area contributed by atoms with Crippen molar-refractivity contribution >= 4 is 37.5 Å². The third-order valence-electron chi connectivity index (χ3n) is 5.35. The van der Waals surface area contributed by atoms with Gasteiger partial charge in [-0.2, -0.15) is 4.31 Å². The Hall–Kier alpha value is -2.64. The lowest BCUT2D eigenvalue weighted by Crippen LogP contribution is -2.40. The highest BCUT2D eigenvalue weighted by Gasteiger charge is 2.32. The van der Waals surface area contributed by atoms with E-state index in [1.54, 1.807) is 31.2 Å². The minimum absolute atomic E-state index is 0.0494. The minimum atomic E-state index is -4.14. The first kappa shape index (κ1) is 24.0. The maximum atomic E-state index is 13.6. The van der Waals surface area contributed by atoms with Gasteiger partial charge in [0, 0.05) is 4.47 Å². The van der Waals surface area contributed by atoms with Crippen molar-refractivity contribution in [1.82, 2.24) is 0 Å². The number of ether oxygens (including phenoxy) is 1. The maximum absolute atomic E-state index is 13.6. The van der Waals surface area contributed by atoms with Crippen molar-refractivity contribution in [3.05, 3.63) is 86.9 Å². The van der Waals surface area contributed by atoms with Crippen LogP contribution in [0.25, 0.3) is 0 Å². The normalized spacial score (nSPS) is 11.3. The fraction of sp³-hybridized carbons (Fsp3) is 0.240. The molecule has 0 spiro atoms. The number of benzene rings is 3. The minimum Gasteiger partial charge on any atom is -0.483 e. The smallest absolute Gasteiger partial charge is 0.278 e. The van der Waals surface area contributed by atoms with Crippen molar-refractivity contribution in [2.24, 2.45) is 0 Å². The molecule has 3 aromatic rings. The molecule has 7 heteroatoms. The Labute approximate surface area is 198 Å². The van der Waals surface area contributed by atoms with Gasteiger partial charge in [0.1, 0.15) is 5.75 Å². The van der Waals surface area contributed by atoms with Gasteiger partial charge in [-0.15, -0.1) is 0 Å². The summed E-state index contributed by atoms with van der Waals surface area (Å²) < 4.78 is 34.8. The molecule has 0 saturated heterocycles. The van der Waals surface area contributed by atoms with Crippen molar-refractivity contribution in [3.8, 4) is 5.75 Å². The van der Waals surface area contributed by atoms with Gasteiger partial charge in [0.25, 0.3) is 15.9 Å². The van der Waals surface area contributed by atoms with E-state index in [-0.39, 0.29) is 4.90 Å². The highest BCUT2D eigenvalue weighted by Crippen LogP contribution is 2.31. The van der Waals surface area contributed by atoms with Crippen LogP contribution < -0.4 is 9.04 Å². The molecule has 0 unspecified atom stereocenters. The number of nitrogens with zero attached hydrogens (tertiary/aromatic N) is 1. The molecular weight excluding hydrogens is 490 g/mol. The van der Waals surface area contributed by atoms with E-state index < -0.39 is 22.5 Å². The Kier molecular flexibility index (Phi) is 7.10. The molecule has 168 valence electrons. The van der Waals surface area contributed by atoms with Crippen LogP contribution in [-0.4, -0.2) is 20.9 Å². The lowest BCUT2D eigenvalue weighted by molar-refractivity contribution is -0.119. The number of anilines is 1. The summed E-state index contributed by atoms with van der Waals surface area (Å²) >= 11 is 3.44.